The first kappa shape index (κ1) is 20.5. The first-order valence-electron chi connectivity index (χ1n) is 9.04. The number of hydrogen-bond donors (Lipinski definition) is 0. The summed E-state index contributed by atoms with van der Waals surface area (Å²) in [6, 6.07) is 15.6. The molecule has 150 valence electrons. The van der Waals surface area contributed by atoms with Crippen molar-refractivity contribution in [3.8, 4) is 0 Å². The van der Waals surface area contributed by atoms with Crippen LogP contribution in [0.4, 0.5) is 5.69 Å². The molecule has 2 aromatic rings. The number of esters is 1. The predicted octanol–water partition coefficient (Wildman–Crippen LogP) is 2.90. The van der Waals surface area contributed by atoms with Gasteiger partial charge in [0.1, 0.15) is 0 Å². The van der Waals surface area contributed by atoms with Crippen LogP contribution in [-0.4, -0.2) is 38.7 Å². The maximum Gasteiger partial charge on any atom is 0.331 e. The van der Waals surface area contributed by atoms with Gasteiger partial charge in [-0.2, -0.15) is 0 Å². The summed E-state index contributed by atoms with van der Waals surface area (Å²) >= 11 is 0. The Bertz CT molecular complexity index is 1060. The molecule has 1 aliphatic heterocycles. The molecular formula is C22H21NO5S. The molecule has 1 atom stereocenters. The second-order valence-electron chi connectivity index (χ2n) is 6.62. The number of sulfone groups is 1. The Morgan fingerprint density at radius 2 is 1.79 bits per heavy atom. The van der Waals surface area contributed by atoms with E-state index in [2.05, 4.69) is 0 Å². The normalized spacial score (nSPS) is 17.3. The first-order valence-corrected chi connectivity index (χ1v) is 10.8. The van der Waals surface area contributed by atoms with Crippen LogP contribution in [0.25, 0.3) is 6.08 Å². The van der Waals surface area contributed by atoms with Crippen molar-refractivity contribution >= 4 is 33.5 Å². The zero-order valence-electron chi connectivity index (χ0n) is 15.9. The average molecular weight is 411 g/mol. The fraction of sp³-hybridized carbons (Fsp3) is 0.182. The van der Waals surface area contributed by atoms with Crippen molar-refractivity contribution in [1.29, 1.82) is 0 Å². The third-order valence-electron chi connectivity index (χ3n) is 4.47. The smallest absolute Gasteiger partial charge is 0.331 e. The summed E-state index contributed by atoms with van der Waals surface area (Å²) in [5, 5.41) is 1.11. The average Bonchev–Trinajstić information content (AvgIpc) is 3.06. The number of para-hydroxylation sites is 1. The summed E-state index contributed by atoms with van der Waals surface area (Å²) in [6.45, 7) is 1.44. The Labute approximate surface area is 170 Å². The molecule has 1 heterocycles. The minimum absolute atomic E-state index is 0.200. The molecule has 0 bridgehead atoms. The van der Waals surface area contributed by atoms with Crippen LogP contribution >= 0.6 is 0 Å². The third-order valence-corrected chi connectivity index (χ3v) is 5.85. The van der Waals surface area contributed by atoms with E-state index in [-0.39, 0.29) is 5.75 Å². The van der Waals surface area contributed by atoms with Gasteiger partial charge in [-0.25, -0.2) is 13.2 Å². The summed E-state index contributed by atoms with van der Waals surface area (Å²) in [6.07, 6.45) is 4.37. The highest BCUT2D eigenvalue weighted by Gasteiger charge is 2.31. The number of nitrogens with zero attached hydrogens (tertiary/aromatic N) is 1. The fourth-order valence-corrected chi connectivity index (χ4v) is 4.28. The van der Waals surface area contributed by atoms with Gasteiger partial charge in [-0.15, -0.1) is 0 Å². The molecule has 0 radical (unpaired) electrons. The van der Waals surface area contributed by atoms with E-state index < -0.39 is 34.4 Å². The van der Waals surface area contributed by atoms with E-state index in [9.17, 15) is 18.0 Å². The molecule has 6 nitrogen and oxygen atoms in total. The molecule has 1 amide bonds. The monoisotopic (exact) mass is 411 g/mol. The van der Waals surface area contributed by atoms with E-state index in [1.165, 1.54) is 17.1 Å². The predicted molar refractivity (Wildman–Crippen MR) is 112 cm³/mol. The van der Waals surface area contributed by atoms with Crippen molar-refractivity contribution in [2.45, 2.75) is 13.0 Å². The number of anilines is 1. The van der Waals surface area contributed by atoms with Crippen LogP contribution in [0.2, 0.25) is 0 Å². The van der Waals surface area contributed by atoms with Crippen molar-refractivity contribution in [2.24, 2.45) is 0 Å². The molecule has 1 aliphatic rings. The maximum absolute atomic E-state index is 12.8. The van der Waals surface area contributed by atoms with E-state index in [1.807, 2.05) is 31.2 Å². The molecule has 2 aromatic carbocycles. The number of ether oxygens (including phenoxy) is 1. The molecule has 29 heavy (non-hydrogen) atoms. The highest BCUT2D eigenvalue weighted by molar-refractivity contribution is 7.94. The molecule has 0 N–H and O–H groups in total. The van der Waals surface area contributed by atoms with E-state index >= 15 is 0 Å². The Kier molecular flexibility index (Phi) is 6.29. The lowest BCUT2D eigenvalue weighted by molar-refractivity contribution is -0.143. The minimum Gasteiger partial charge on any atom is -0.452 e. The second kappa shape index (κ2) is 8.87. The molecule has 0 aromatic heterocycles. The largest absolute Gasteiger partial charge is 0.452 e. The standard InChI is InChI=1S/C22H21NO5S/c1-17-7-5-6-8-18(17)11-12-22(25)28-15-21(24)23(19-9-3-2-4-10-19)20-13-14-29(26,27)16-20/h2-14,20H,15-16H2,1H3/b12-11+/t20-/m1/s1. The lowest BCUT2D eigenvalue weighted by atomic mass is 10.1. The molecule has 0 fully saturated rings. The van der Waals surface area contributed by atoms with Crippen LogP contribution in [0.5, 0.6) is 0 Å². The highest BCUT2D eigenvalue weighted by atomic mass is 32.2. The summed E-state index contributed by atoms with van der Waals surface area (Å²) < 4.78 is 28.7. The van der Waals surface area contributed by atoms with Gasteiger partial charge in [-0.05, 0) is 42.3 Å². The van der Waals surface area contributed by atoms with Crippen LogP contribution in [0, 0.1) is 6.92 Å². The molecule has 0 saturated carbocycles. The number of carbonyl (C=O) groups excluding carboxylic acids is 2. The molecule has 0 unspecified atom stereocenters. The summed E-state index contributed by atoms with van der Waals surface area (Å²) in [5.74, 6) is -1.35. The topological polar surface area (TPSA) is 80.8 Å². The number of carbonyl (C=O) groups is 2. The first-order chi connectivity index (χ1) is 13.9. The second-order valence-corrected chi connectivity index (χ2v) is 8.55. The molecule has 0 saturated heterocycles. The summed E-state index contributed by atoms with van der Waals surface area (Å²) in [5.41, 5.74) is 2.43. The van der Waals surface area contributed by atoms with Gasteiger partial charge in [0.15, 0.2) is 16.4 Å². The van der Waals surface area contributed by atoms with Crippen molar-refractivity contribution in [3.63, 3.8) is 0 Å². The Morgan fingerprint density at radius 3 is 2.45 bits per heavy atom. The lowest BCUT2D eigenvalue weighted by Gasteiger charge is -2.27. The van der Waals surface area contributed by atoms with Gasteiger partial charge in [0.25, 0.3) is 5.91 Å². The Hall–Kier alpha value is -3.19. The quantitative estimate of drug-likeness (QED) is 0.539. The number of rotatable bonds is 6. The van der Waals surface area contributed by atoms with Gasteiger partial charge in [-0.3, -0.25) is 4.79 Å². The zero-order valence-corrected chi connectivity index (χ0v) is 16.7. The van der Waals surface area contributed by atoms with Gasteiger partial charge < -0.3 is 9.64 Å². The summed E-state index contributed by atoms with van der Waals surface area (Å²) in [4.78, 5) is 26.1. The molecular weight excluding hydrogens is 390 g/mol. The highest BCUT2D eigenvalue weighted by Crippen LogP contribution is 2.22. The van der Waals surface area contributed by atoms with E-state index in [0.717, 1.165) is 16.5 Å². The SMILES string of the molecule is Cc1ccccc1/C=C/C(=O)OCC(=O)N(c1ccccc1)[C@@H]1C=CS(=O)(=O)C1. The van der Waals surface area contributed by atoms with Gasteiger partial charge in [0.2, 0.25) is 0 Å². The Balaban J connectivity index is 1.68. The van der Waals surface area contributed by atoms with Crippen LogP contribution in [-0.2, 0) is 24.2 Å². The summed E-state index contributed by atoms with van der Waals surface area (Å²) in [7, 11) is -3.35. The van der Waals surface area contributed by atoms with Crippen LogP contribution in [0.3, 0.4) is 0 Å². The van der Waals surface area contributed by atoms with Gasteiger partial charge >= 0.3 is 5.97 Å². The van der Waals surface area contributed by atoms with Crippen LogP contribution in [0.15, 0.2) is 72.2 Å². The van der Waals surface area contributed by atoms with Crippen molar-refractivity contribution < 1.29 is 22.7 Å². The van der Waals surface area contributed by atoms with Crippen molar-refractivity contribution in [1.82, 2.24) is 0 Å². The lowest BCUT2D eigenvalue weighted by Crippen LogP contribution is -2.43. The van der Waals surface area contributed by atoms with Crippen molar-refractivity contribution in [3.05, 3.63) is 83.3 Å². The molecule has 0 aliphatic carbocycles. The fourth-order valence-electron chi connectivity index (χ4n) is 3.01. The minimum atomic E-state index is -3.35. The van der Waals surface area contributed by atoms with E-state index in [4.69, 9.17) is 4.74 Å². The Morgan fingerprint density at radius 1 is 1.10 bits per heavy atom. The maximum atomic E-state index is 12.8. The zero-order chi connectivity index (χ0) is 20.9. The van der Waals surface area contributed by atoms with Crippen molar-refractivity contribution in [2.75, 3.05) is 17.3 Å². The third kappa shape index (κ3) is 5.42. The number of aryl methyl sites for hydroxylation is 1. The van der Waals surface area contributed by atoms with Crippen LogP contribution in [0.1, 0.15) is 11.1 Å². The van der Waals surface area contributed by atoms with Gasteiger partial charge in [0, 0.05) is 17.2 Å². The van der Waals surface area contributed by atoms with Gasteiger partial charge in [-0.1, -0.05) is 42.5 Å². The molecule has 7 heteroatoms. The van der Waals surface area contributed by atoms with E-state index in [1.54, 1.807) is 36.4 Å². The molecule has 3 rings (SSSR count). The molecule has 0 spiro atoms. The number of amides is 1. The van der Waals surface area contributed by atoms with Crippen LogP contribution < -0.4 is 4.90 Å². The number of benzene rings is 2. The van der Waals surface area contributed by atoms with E-state index in [0.29, 0.717) is 5.69 Å². The number of hydrogen-bond acceptors (Lipinski definition) is 5. The van der Waals surface area contributed by atoms with Gasteiger partial charge in [0.05, 0.1) is 11.8 Å².